The Kier molecular flexibility index (Phi) is 4.96. The molecular weight excluding hydrogens is 322 g/mol. The van der Waals surface area contributed by atoms with Gasteiger partial charge in [0.2, 0.25) is 0 Å². The van der Waals surface area contributed by atoms with Crippen molar-refractivity contribution in [3.63, 3.8) is 0 Å². The maximum atomic E-state index is 11.5. The van der Waals surface area contributed by atoms with Crippen LogP contribution in [0, 0.1) is 6.92 Å². The fraction of sp³-hybridized carbons (Fsp3) is 0.167. The molecule has 0 atom stereocenters. The highest BCUT2D eigenvalue weighted by atomic mass is 32.2. The first-order valence-corrected chi connectivity index (χ1v) is 8.45. The third kappa shape index (κ3) is 3.49. The second-order valence-corrected chi connectivity index (χ2v) is 6.12. The molecule has 0 spiro atoms. The molecule has 0 fully saturated rings. The highest BCUT2D eigenvalue weighted by molar-refractivity contribution is 7.98. The lowest BCUT2D eigenvalue weighted by Crippen LogP contribution is -2.01. The molecular formula is C18H17N3O2S. The molecule has 2 aromatic carbocycles. The van der Waals surface area contributed by atoms with E-state index in [1.54, 1.807) is 23.9 Å². The van der Waals surface area contributed by atoms with E-state index in [1.165, 1.54) is 7.11 Å². The summed E-state index contributed by atoms with van der Waals surface area (Å²) >= 11 is 1.61. The van der Waals surface area contributed by atoms with Crippen LogP contribution in [0.1, 0.15) is 21.7 Å². The van der Waals surface area contributed by atoms with Crippen molar-refractivity contribution in [2.24, 2.45) is 0 Å². The molecule has 0 aliphatic rings. The summed E-state index contributed by atoms with van der Waals surface area (Å²) in [6, 6.07) is 17.4. The number of ether oxygens (including phenoxy) is 1. The van der Waals surface area contributed by atoms with Crippen LogP contribution in [0.15, 0.2) is 59.8 Å². The van der Waals surface area contributed by atoms with Gasteiger partial charge in [-0.15, -0.1) is 10.2 Å². The van der Waals surface area contributed by atoms with Crippen molar-refractivity contribution in [1.82, 2.24) is 14.8 Å². The van der Waals surface area contributed by atoms with Crippen molar-refractivity contribution in [2.75, 3.05) is 7.11 Å². The SMILES string of the molecule is COC(=O)c1ccc(CSc2nnc(C)n2-c2ccccc2)cc1. The van der Waals surface area contributed by atoms with Crippen LogP contribution in [0.4, 0.5) is 0 Å². The second-order valence-electron chi connectivity index (χ2n) is 5.18. The van der Waals surface area contributed by atoms with Crippen LogP contribution in [0.3, 0.4) is 0 Å². The Morgan fingerprint density at radius 3 is 2.46 bits per heavy atom. The van der Waals surface area contributed by atoms with Crippen LogP contribution >= 0.6 is 11.8 Å². The van der Waals surface area contributed by atoms with Crippen LogP contribution in [0.25, 0.3) is 5.69 Å². The average molecular weight is 339 g/mol. The van der Waals surface area contributed by atoms with Gasteiger partial charge in [0.25, 0.3) is 0 Å². The van der Waals surface area contributed by atoms with Gasteiger partial charge in [0.15, 0.2) is 5.16 Å². The molecule has 5 nitrogen and oxygen atoms in total. The number of carbonyl (C=O) groups is 1. The summed E-state index contributed by atoms with van der Waals surface area (Å²) in [4.78, 5) is 11.5. The Morgan fingerprint density at radius 1 is 1.08 bits per heavy atom. The highest BCUT2D eigenvalue weighted by Gasteiger charge is 2.11. The largest absolute Gasteiger partial charge is 0.465 e. The molecule has 1 heterocycles. The number of hydrogen-bond donors (Lipinski definition) is 0. The molecule has 0 radical (unpaired) electrons. The first-order chi connectivity index (χ1) is 11.7. The van der Waals surface area contributed by atoms with Crippen molar-refractivity contribution in [3.05, 3.63) is 71.5 Å². The fourth-order valence-electron chi connectivity index (χ4n) is 2.31. The van der Waals surface area contributed by atoms with Gasteiger partial charge in [-0.1, -0.05) is 42.1 Å². The predicted octanol–water partition coefficient (Wildman–Crippen LogP) is 3.65. The Hall–Kier alpha value is -2.60. The van der Waals surface area contributed by atoms with Crippen molar-refractivity contribution < 1.29 is 9.53 Å². The number of benzene rings is 2. The standard InChI is InChI=1S/C18H17N3O2S/c1-13-19-20-18(21(13)16-6-4-3-5-7-16)24-12-14-8-10-15(11-9-14)17(22)23-2/h3-11H,12H2,1-2H3. The first kappa shape index (κ1) is 16.3. The minimum absolute atomic E-state index is 0.325. The summed E-state index contributed by atoms with van der Waals surface area (Å²) in [5.41, 5.74) is 2.70. The van der Waals surface area contributed by atoms with E-state index in [0.29, 0.717) is 5.56 Å². The van der Waals surface area contributed by atoms with Gasteiger partial charge in [-0.2, -0.15) is 0 Å². The van der Waals surface area contributed by atoms with E-state index in [9.17, 15) is 4.79 Å². The summed E-state index contributed by atoms with van der Waals surface area (Å²) in [6.07, 6.45) is 0. The van der Waals surface area contributed by atoms with Gasteiger partial charge in [0, 0.05) is 11.4 Å². The van der Waals surface area contributed by atoms with Crippen LogP contribution in [-0.2, 0) is 10.5 Å². The van der Waals surface area contributed by atoms with Gasteiger partial charge in [-0.3, -0.25) is 4.57 Å². The number of nitrogens with zero attached hydrogens (tertiary/aromatic N) is 3. The molecule has 0 saturated carbocycles. The molecule has 0 unspecified atom stereocenters. The molecule has 0 aliphatic heterocycles. The Bertz CT molecular complexity index is 829. The number of thioether (sulfide) groups is 1. The molecule has 0 N–H and O–H groups in total. The third-order valence-corrected chi connectivity index (χ3v) is 4.55. The Labute approximate surface area is 144 Å². The van der Waals surface area contributed by atoms with Crippen molar-refractivity contribution in [3.8, 4) is 5.69 Å². The van der Waals surface area contributed by atoms with Crippen molar-refractivity contribution >= 4 is 17.7 Å². The number of aromatic nitrogens is 3. The van der Waals surface area contributed by atoms with Gasteiger partial charge in [-0.05, 0) is 36.8 Å². The van der Waals surface area contributed by atoms with Crippen LogP contribution in [-0.4, -0.2) is 27.8 Å². The minimum atomic E-state index is -0.325. The van der Waals surface area contributed by atoms with Crippen molar-refractivity contribution in [1.29, 1.82) is 0 Å². The predicted molar refractivity (Wildman–Crippen MR) is 93.4 cm³/mol. The van der Waals surface area contributed by atoms with E-state index in [0.717, 1.165) is 28.0 Å². The van der Waals surface area contributed by atoms with Crippen LogP contribution in [0.5, 0.6) is 0 Å². The summed E-state index contributed by atoms with van der Waals surface area (Å²) in [5.74, 6) is 1.27. The quantitative estimate of drug-likeness (QED) is 0.524. The van der Waals surface area contributed by atoms with Gasteiger partial charge in [-0.25, -0.2) is 4.79 Å². The topological polar surface area (TPSA) is 57.0 Å². The smallest absolute Gasteiger partial charge is 0.337 e. The van der Waals surface area contributed by atoms with E-state index in [1.807, 2.05) is 54.0 Å². The molecule has 0 bridgehead atoms. The third-order valence-electron chi connectivity index (χ3n) is 3.55. The maximum Gasteiger partial charge on any atom is 0.337 e. The number of rotatable bonds is 5. The van der Waals surface area contributed by atoms with Gasteiger partial charge >= 0.3 is 5.97 Å². The Morgan fingerprint density at radius 2 is 1.79 bits per heavy atom. The molecule has 122 valence electrons. The maximum absolute atomic E-state index is 11.5. The molecule has 0 amide bonds. The number of carbonyl (C=O) groups excluding carboxylic acids is 1. The lowest BCUT2D eigenvalue weighted by atomic mass is 10.1. The number of esters is 1. The lowest BCUT2D eigenvalue weighted by Gasteiger charge is -2.08. The molecule has 1 aromatic heterocycles. The highest BCUT2D eigenvalue weighted by Crippen LogP contribution is 2.25. The number of hydrogen-bond acceptors (Lipinski definition) is 5. The van der Waals surface area contributed by atoms with E-state index < -0.39 is 0 Å². The van der Waals surface area contributed by atoms with E-state index >= 15 is 0 Å². The zero-order valence-corrected chi connectivity index (χ0v) is 14.3. The zero-order chi connectivity index (χ0) is 16.9. The molecule has 3 rings (SSSR count). The Balaban J connectivity index is 1.75. The summed E-state index contributed by atoms with van der Waals surface area (Å²) in [7, 11) is 1.38. The monoisotopic (exact) mass is 339 g/mol. The average Bonchev–Trinajstić information content (AvgIpc) is 3.01. The zero-order valence-electron chi connectivity index (χ0n) is 13.5. The normalized spacial score (nSPS) is 10.6. The number of aryl methyl sites for hydroxylation is 1. The fourth-order valence-corrected chi connectivity index (χ4v) is 3.27. The van der Waals surface area contributed by atoms with Gasteiger partial charge in [0.05, 0.1) is 12.7 Å². The van der Waals surface area contributed by atoms with Crippen LogP contribution < -0.4 is 0 Å². The second kappa shape index (κ2) is 7.31. The lowest BCUT2D eigenvalue weighted by molar-refractivity contribution is 0.0600. The number of para-hydroxylation sites is 1. The number of methoxy groups -OCH3 is 1. The molecule has 0 aliphatic carbocycles. The van der Waals surface area contributed by atoms with E-state index in [-0.39, 0.29) is 5.97 Å². The molecule has 6 heteroatoms. The minimum Gasteiger partial charge on any atom is -0.465 e. The summed E-state index contributed by atoms with van der Waals surface area (Å²) in [5, 5.41) is 9.30. The van der Waals surface area contributed by atoms with Gasteiger partial charge < -0.3 is 4.74 Å². The molecule has 0 saturated heterocycles. The van der Waals surface area contributed by atoms with Crippen molar-refractivity contribution in [2.45, 2.75) is 17.8 Å². The molecule has 3 aromatic rings. The van der Waals surface area contributed by atoms with Crippen LogP contribution in [0.2, 0.25) is 0 Å². The molecule has 24 heavy (non-hydrogen) atoms. The summed E-state index contributed by atoms with van der Waals surface area (Å²) in [6.45, 7) is 1.94. The first-order valence-electron chi connectivity index (χ1n) is 7.46. The van der Waals surface area contributed by atoms with E-state index in [4.69, 9.17) is 4.74 Å². The summed E-state index contributed by atoms with van der Waals surface area (Å²) < 4.78 is 6.74. The van der Waals surface area contributed by atoms with Gasteiger partial charge in [0.1, 0.15) is 5.82 Å². The van der Waals surface area contributed by atoms with E-state index in [2.05, 4.69) is 10.2 Å².